The molecule has 0 spiro atoms. The molecule has 4 aromatic rings. The minimum atomic E-state index is -1.15. The molecule has 11 heteroatoms. The maximum atomic E-state index is 13.7. The Bertz CT molecular complexity index is 1330. The van der Waals surface area contributed by atoms with E-state index in [0.717, 1.165) is 12.3 Å². The predicted molar refractivity (Wildman–Crippen MR) is 111 cm³/mol. The molecule has 0 aliphatic rings. The highest BCUT2D eigenvalue weighted by molar-refractivity contribution is 5.94. The Balaban J connectivity index is 1.65. The lowest BCUT2D eigenvalue weighted by Gasteiger charge is -2.17. The second-order valence-corrected chi connectivity index (χ2v) is 7.08. The molecule has 0 radical (unpaired) electrons. The van der Waals surface area contributed by atoms with Crippen molar-refractivity contribution in [3.05, 3.63) is 101 Å². The van der Waals surface area contributed by atoms with E-state index in [9.17, 15) is 18.4 Å². The molecule has 3 heterocycles. The summed E-state index contributed by atoms with van der Waals surface area (Å²) < 4.78 is 28.5. The number of halogens is 2. The molecule has 1 unspecified atom stereocenters. The van der Waals surface area contributed by atoms with Crippen LogP contribution in [0, 0.1) is 11.6 Å². The van der Waals surface area contributed by atoms with Crippen LogP contribution in [0.5, 0.6) is 0 Å². The smallest absolute Gasteiger partial charge is 0.337 e. The van der Waals surface area contributed by atoms with E-state index in [-0.39, 0.29) is 17.5 Å². The van der Waals surface area contributed by atoms with Gasteiger partial charge in [-0.3, -0.25) is 14.8 Å². The van der Waals surface area contributed by atoms with E-state index in [4.69, 9.17) is 5.11 Å². The lowest BCUT2D eigenvalue weighted by atomic mass is 10.0. The maximum absolute atomic E-state index is 13.7. The molecule has 166 valence electrons. The second kappa shape index (κ2) is 9.30. The van der Waals surface area contributed by atoms with E-state index in [0.29, 0.717) is 16.9 Å². The molecule has 1 amide bonds. The summed E-state index contributed by atoms with van der Waals surface area (Å²) in [7, 11) is 0. The van der Waals surface area contributed by atoms with Crippen LogP contribution in [-0.2, 0) is 6.42 Å². The van der Waals surface area contributed by atoms with Gasteiger partial charge in [-0.15, -0.1) is 5.10 Å². The second-order valence-electron chi connectivity index (χ2n) is 7.08. The maximum Gasteiger partial charge on any atom is 0.337 e. The minimum Gasteiger partial charge on any atom is -0.478 e. The number of carboxylic acid groups (broad SMARTS) is 1. The molecule has 0 saturated heterocycles. The molecule has 33 heavy (non-hydrogen) atoms. The molecule has 0 bridgehead atoms. The van der Waals surface area contributed by atoms with E-state index in [1.165, 1.54) is 47.7 Å². The molecular formula is C22H16F2N6O3. The third kappa shape index (κ3) is 5.21. The van der Waals surface area contributed by atoms with Gasteiger partial charge in [-0.2, -0.15) is 0 Å². The number of aromatic nitrogens is 5. The molecule has 3 aromatic heterocycles. The molecule has 4 rings (SSSR count). The Kier molecular flexibility index (Phi) is 6.11. The summed E-state index contributed by atoms with van der Waals surface area (Å²) in [6.07, 6.45) is 6.46. The standard InChI is InChI=1S/C22H16F2N6O3/c23-16-3-1-2-13(4-16)5-19(27-21(31)14-6-17(24)10-25-8-14)20-12-30(29-28-20)18-7-15(22(32)33)9-26-11-18/h1-4,6-12,19H,5H2,(H,27,31)(H,32,33). The molecule has 0 aliphatic carbocycles. The summed E-state index contributed by atoms with van der Waals surface area (Å²) in [6.45, 7) is 0. The van der Waals surface area contributed by atoms with E-state index >= 15 is 0 Å². The van der Waals surface area contributed by atoms with Gasteiger partial charge in [-0.05, 0) is 36.2 Å². The predicted octanol–water partition coefficient (Wildman–Crippen LogP) is 2.75. The highest BCUT2D eigenvalue weighted by Gasteiger charge is 2.21. The van der Waals surface area contributed by atoms with Gasteiger partial charge in [0.2, 0.25) is 0 Å². The molecule has 9 nitrogen and oxygen atoms in total. The first-order chi connectivity index (χ1) is 15.9. The van der Waals surface area contributed by atoms with Gasteiger partial charge in [0.25, 0.3) is 5.91 Å². The lowest BCUT2D eigenvalue weighted by Crippen LogP contribution is -2.30. The van der Waals surface area contributed by atoms with E-state index in [1.807, 2.05) is 0 Å². The van der Waals surface area contributed by atoms with Crippen LogP contribution in [0.1, 0.15) is 38.0 Å². The van der Waals surface area contributed by atoms with Crippen molar-refractivity contribution in [2.45, 2.75) is 12.5 Å². The summed E-state index contributed by atoms with van der Waals surface area (Å²) >= 11 is 0. The van der Waals surface area contributed by atoms with Crippen molar-refractivity contribution in [1.82, 2.24) is 30.3 Å². The van der Waals surface area contributed by atoms with Gasteiger partial charge in [-0.25, -0.2) is 18.3 Å². The Morgan fingerprint density at radius 3 is 2.55 bits per heavy atom. The average molecular weight is 450 g/mol. The molecule has 0 aliphatic heterocycles. The van der Waals surface area contributed by atoms with E-state index in [2.05, 4.69) is 25.6 Å². The number of nitrogens with zero attached hydrogens (tertiary/aromatic N) is 5. The lowest BCUT2D eigenvalue weighted by molar-refractivity contribution is 0.0696. The fourth-order valence-electron chi connectivity index (χ4n) is 3.14. The zero-order valence-corrected chi connectivity index (χ0v) is 16.9. The van der Waals surface area contributed by atoms with Gasteiger partial charge in [0, 0.05) is 12.4 Å². The summed E-state index contributed by atoms with van der Waals surface area (Å²) in [5.41, 5.74) is 1.22. The number of benzene rings is 1. The van der Waals surface area contributed by atoms with Gasteiger partial charge in [0.05, 0.1) is 41.4 Å². The van der Waals surface area contributed by atoms with Gasteiger partial charge < -0.3 is 10.4 Å². The highest BCUT2D eigenvalue weighted by atomic mass is 19.1. The molecule has 1 atom stereocenters. The van der Waals surface area contributed by atoms with Gasteiger partial charge >= 0.3 is 5.97 Å². The zero-order chi connectivity index (χ0) is 23.4. The number of carbonyl (C=O) groups excluding carboxylic acids is 1. The van der Waals surface area contributed by atoms with Crippen molar-refractivity contribution < 1.29 is 23.5 Å². The summed E-state index contributed by atoms with van der Waals surface area (Å²) in [5, 5.41) is 20.0. The number of pyridine rings is 2. The van der Waals surface area contributed by atoms with Crippen LogP contribution in [0.3, 0.4) is 0 Å². The fraction of sp³-hybridized carbons (Fsp3) is 0.0909. The zero-order valence-electron chi connectivity index (χ0n) is 16.9. The van der Waals surface area contributed by atoms with Crippen LogP contribution >= 0.6 is 0 Å². The highest BCUT2D eigenvalue weighted by Crippen LogP contribution is 2.19. The minimum absolute atomic E-state index is 0.00462. The first kappa shape index (κ1) is 21.7. The van der Waals surface area contributed by atoms with Gasteiger partial charge in [-0.1, -0.05) is 17.3 Å². The molecule has 1 aromatic carbocycles. The number of amides is 1. The number of rotatable bonds is 7. The van der Waals surface area contributed by atoms with Gasteiger partial charge in [0.15, 0.2) is 0 Å². The molecule has 0 saturated carbocycles. The summed E-state index contributed by atoms with van der Waals surface area (Å²) in [4.78, 5) is 31.5. The Labute approximate surface area is 185 Å². The van der Waals surface area contributed by atoms with Crippen LogP contribution in [0.4, 0.5) is 8.78 Å². The average Bonchev–Trinajstić information content (AvgIpc) is 3.29. The monoisotopic (exact) mass is 450 g/mol. The van der Waals surface area contributed by atoms with Crippen molar-refractivity contribution in [3.63, 3.8) is 0 Å². The summed E-state index contributed by atoms with van der Waals surface area (Å²) in [5.74, 6) is -2.86. The Hall–Kier alpha value is -4.54. The number of carboxylic acids is 1. The van der Waals surface area contributed by atoms with Crippen molar-refractivity contribution in [3.8, 4) is 5.69 Å². The van der Waals surface area contributed by atoms with Crippen LogP contribution in [0.2, 0.25) is 0 Å². The van der Waals surface area contributed by atoms with Crippen LogP contribution in [0.15, 0.2) is 67.4 Å². The van der Waals surface area contributed by atoms with Crippen molar-refractivity contribution >= 4 is 11.9 Å². The quantitative estimate of drug-likeness (QED) is 0.444. The SMILES string of the molecule is O=C(O)c1cncc(-n2cc(C(Cc3cccc(F)c3)NC(=O)c3cncc(F)c3)nn2)c1. The van der Waals surface area contributed by atoms with Crippen LogP contribution < -0.4 is 5.32 Å². The first-order valence-electron chi connectivity index (χ1n) is 9.66. The van der Waals surface area contributed by atoms with Crippen molar-refractivity contribution in [2.24, 2.45) is 0 Å². The topological polar surface area (TPSA) is 123 Å². The van der Waals surface area contributed by atoms with Crippen molar-refractivity contribution in [1.29, 1.82) is 0 Å². The molecule has 0 fully saturated rings. The van der Waals surface area contributed by atoms with Crippen LogP contribution in [-0.4, -0.2) is 41.9 Å². The third-order valence-electron chi connectivity index (χ3n) is 4.70. The number of hydrogen-bond donors (Lipinski definition) is 2. The number of hydrogen-bond acceptors (Lipinski definition) is 6. The molecular weight excluding hydrogens is 434 g/mol. The first-order valence-corrected chi connectivity index (χ1v) is 9.66. The van der Waals surface area contributed by atoms with Crippen molar-refractivity contribution in [2.75, 3.05) is 0 Å². The molecule has 2 N–H and O–H groups in total. The van der Waals surface area contributed by atoms with E-state index < -0.39 is 29.6 Å². The third-order valence-corrected chi connectivity index (χ3v) is 4.70. The number of nitrogens with one attached hydrogen (secondary N) is 1. The fourth-order valence-corrected chi connectivity index (χ4v) is 3.14. The van der Waals surface area contributed by atoms with E-state index in [1.54, 1.807) is 12.1 Å². The Morgan fingerprint density at radius 2 is 1.79 bits per heavy atom. The summed E-state index contributed by atoms with van der Waals surface area (Å²) in [6, 6.07) is 7.51. The number of carbonyl (C=O) groups is 2. The normalized spacial score (nSPS) is 11.7. The van der Waals surface area contributed by atoms with Gasteiger partial charge in [0.1, 0.15) is 17.3 Å². The number of aromatic carboxylic acids is 1. The Morgan fingerprint density at radius 1 is 1.00 bits per heavy atom. The largest absolute Gasteiger partial charge is 0.478 e. The van der Waals surface area contributed by atoms with Crippen LogP contribution in [0.25, 0.3) is 5.69 Å².